The lowest BCUT2D eigenvalue weighted by Crippen LogP contribution is -2.47. The second kappa shape index (κ2) is 8.87. The molecular weight excluding hydrogens is 392 g/mol. The van der Waals surface area contributed by atoms with E-state index in [1.165, 1.54) is 18.4 Å². The summed E-state index contributed by atoms with van der Waals surface area (Å²) in [4.78, 5) is 46.9. The van der Waals surface area contributed by atoms with Crippen LogP contribution in [0.5, 0.6) is 0 Å². The lowest BCUT2D eigenvalue weighted by molar-refractivity contribution is -0.121. The molecule has 2 atom stereocenters. The smallest absolute Gasteiger partial charge is 0.339 e. The van der Waals surface area contributed by atoms with E-state index in [0.29, 0.717) is 34.2 Å². The largest absolute Gasteiger partial charge is 0.465 e. The molecule has 29 heavy (non-hydrogen) atoms. The number of hydrogen-bond acceptors (Lipinski definition) is 7. The van der Waals surface area contributed by atoms with Crippen LogP contribution in [0.1, 0.15) is 51.9 Å². The number of carbonyl (C=O) groups is 3. The van der Waals surface area contributed by atoms with E-state index in [9.17, 15) is 14.4 Å². The van der Waals surface area contributed by atoms with Gasteiger partial charge in [-0.25, -0.2) is 9.78 Å². The van der Waals surface area contributed by atoms with Crippen LogP contribution in [0.2, 0.25) is 0 Å². The Bertz CT molecular complexity index is 906. The fourth-order valence-electron chi connectivity index (χ4n) is 3.84. The van der Waals surface area contributed by atoms with Gasteiger partial charge in [-0.2, -0.15) is 0 Å². The van der Waals surface area contributed by atoms with Crippen molar-refractivity contribution < 1.29 is 19.1 Å². The van der Waals surface area contributed by atoms with E-state index in [0.717, 1.165) is 19.4 Å². The molecule has 0 radical (unpaired) electrons. The van der Waals surface area contributed by atoms with E-state index in [1.54, 1.807) is 20.0 Å². The predicted molar refractivity (Wildman–Crippen MR) is 110 cm³/mol. The molecule has 0 aromatic carbocycles. The fourth-order valence-corrected chi connectivity index (χ4v) is 4.38. The van der Waals surface area contributed by atoms with Crippen molar-refractivity contribution in [2.75, 3.05) is 25.5 Å². The minimum atomic E-state index is -0.458. The number of thiazole rings is 1. The zero-order valence-electron chi connectivity index (χ0n) is 17.1. The van der Waals surface area contributed by atoms with Gasteiger partial charge in [0.05, 0.1) is 30.3 Å². The van der Waals surface area contributed by atoms with Crippen molar-refractivity contribution in [3.8, 4) is 0 Å². The fraction of sp³-hybridized carbons (Fsp3) is 0.500. The Balaban J connectivity index is 1.71. The maximum absolute atomic E-state index is 13.1. The van der Waals surface area contributed by atoms with Crippen molar-refractivity contribution in [1.29, 1.82) is 0 Å². The number of ketones is 1. The molecule has 0 saturated carbocycles. The second-order valence-electron chi connectivity index (χ2n) is 7.32. The van der Waals surface area contributed by atoms with Gasteiger partial charge in [-0.1, -0.05) is 0 Å². The summed E-state index contributed by atoms with van der Waals surface area (Å²) in [6, 6.07) is -0.410. The van der Waals surface area contributed by atoms with Crippen LogP contribution in [0.3, 0.4) is 0 Å². The molecule has 1 aliphatic heterocycles. The first-order valence-corrected chi connectivity index (χ1v) is 10.5. The van der Waals surface area contributed by atoms with Crippen LogP contribution in [0.25, 0.3) is 0 Å². The third-order valence-electron chi connectivity index (χ3n) is 5.49. The second-order valence-corrected chi connectivity index (χ2v) is 8.21. The maximum atomic E-state index is 13.1. The zero-order valence-corrected chi connectivity index (χ0v) is 17.9. The maximum Gasteiger partial charge on any atom is 0.339 e. The summed E-state index contributed by atoms with van der Waals surface area (Å²) < 4.78 is 4.82. The number of esters is 1. The number of nitrogens with zero attached hydrogens (tertiary/aromatic N) is 2. The number of hydrogen-bond donors (Lipinski definition) is 2. The highest BCUT2D eigenvalue weighted by molar-refractivity contribution is 7.13. The molecule has 3 heterocycles. The molecule has 8 nitrogen and oxygen atoms in total. The summed E-state index contributed by atoms with van der Waals surface area (Å²) in [7, 11) is 1.32. The molecule has 1 amide bonds. The molecule has 2 N–H and O–H groups in total. The van der Waals surface area contributed by atoms with E-state index < -0.39 is 12.0 Å². The summed E-state index contributed by atoms with van der Waals surface area (Å²) in [5.41, 5.74) is 2.04. The molecule has 2 aromatic rings. The zero-order chi connectivity index (χ0) is 21.1. The van der Waals surface area contributed by atoms with Crippen LogP contribution in [0.4, 0.5) is 5.13 Å². The Hall–Kier alpha value is -2.52. The molecule has 0 aliphatic carbocycles. The van der Waals surface area contributed by atoms with Crippen LogP contribution in [-0.4, -0.2) is 58.8 Å². The van der Waals surface area contributed by atoms with Crippen molar-refractivity contribution in [1.82, 2.24) is 14.9 Å². The van der Waals surface area contributed by atoms with Gasteiger partial charge in [-0.05, 0) is 45.7 Å². The van der Waals surface area contributed by atoms with Crippen LogP contribution >= 0.6 is 11.3 Å². The molecule has 9 heteroatoms. The minimum Gasteiger partial charge on any atom is -0.465 e. The summed E-state index contributed by atoms with van der Waals surface area (Å²) in [6.07, 6.45) is 3.27. The first kappa shape index (κ1) is 21.2. The number of piperidine rings is 1. The molecule has 0 bridgehead atoms. The van der Waals surface area contributed by atoms with Crippen molar-refractivity contribution in [2.24, 2.45) is 5.92 Å². The number of aromatic nitrogens is 2. The molecule has 156 valence electrons. The van der Waals surface area contributed by atoms with Crippen molar-refractivity contribution >= 4 is 34.1 Å². The molecule has 1 fully saturated rings. The van der Waals surface area contributed by atoms with E-state index in [4.69, 9.17) is 4.74 Å². The molecule has 1 aliphatic rings. The lowest BCUT2D eigenvalue weighted by atomic mass is 9.94. The number of anilines is 1. The Morgan fingerprint density at radius 2 is 2.14 bits per heavy atom. The average molecular weight is 419 g/mol. The topological polar surface area (TPSA) is 104 Å². The molecule has 1 saturated heterocycles. The third-order valence-corrected chi connectivity index (χ3v) is 6.18. The highest BCUT2D eigenvalue weighted by Crippen LogP contribution is 2.25. The highest BCUT2D eigenvalue weighted by atomic mass is 32.1. The van der Waals surface area contributed by atoms with Gasteiger partial charge in [0.15, 0.2) is 10.9 Å². The number of amides is 1. The molecule has 2 aromatic heterocycles. The normalized spacial score (nSPS) is 18.3. The summed E-state index contributed by atoms with van der Waals surface area (Å²) in [5, 5.41) is 5.25. The molecule has 0 spiro atoms. The number of carbonyl (C=O) groups excluding carboxylic acids is 3. The number of aromatic amines is 1. The SMILES string of the molecule is COC(=O)c1c(C)[nH]c(C(=O)C(C)N2CCCC(C(=O)Nc3nccs3)C2)c1C. The van der Waals surface area contributed by atoms with Crippen molar-refractivity contribution in [3.05, 3.63) is 34.1 Å². The van der Waals surface area contributed by atoms with Gasteiger partial charge in [0.25, 0.3) is 0 Å². The standard InChI is InChI=1S/C20H26N4O4S/c1-11-15(19(27)28-4)12(2)22-16(11)17(25)13(3)24-8-5-6-14(10-24)18(26)23-20-21-7-9-29-20/h7,9,13-14,22H,5-6,8,10H2,1-4H3,(H,21,23,26). The summed E-state index contributed by atoms with van der Waals surface area (Å²) in [6.45, 7) is 6.59. The van der Waals surface area contributed by atoms with Crippen molar-refractivity contribution in [3.63, 3.8) is 0 Å². The number of H-pyrrole nitrogens is 1. The monoisotopic (exact) mass is 418 g/mol. The Kier molecular flexibility index (Phi) is 6.49. The van der Waals surface area contributed by atoms with E-state index in [2.05, 4.69) is 15.3 Å². The van der Waals surface area contributed by atoms with Gasteiger partial charge in [0, 0.05) is 23.8 Å². The Morgan fingerprint density at radius 1 is 1.38 bits per heavy atom. The average Bonchev–Trinajstić information content (AvgIpc) is 3.33. The number of likely N-dealkylation sites (tertiary alicyclic amines) is 1. The Labute approximate surface area is 173 Å². The first-order chi connectivity index (χ1) is 13.8. The lowest BCUT2D eigenvalue weighted by Gasteiger charge is -2.35. The van der Waals surface area contributed by atoms with Crippen LogP contribution in [0.15, 0.2) is 11.6 Å². The number of Topliss-reactive ketones (excluding diaryl/α,β-unsaturated/α-hetero) is 1. The van der Waals surface area contributed by atoms with Gasteiger partial charge in [-0.3, -0.25) is 14.5 Å². The predicted octanol–water partition coefficient (Wildman–Crippen LogP) is 2.80. The van der Waals surface area contributed by atoms with Gasteiger partial charge < -0.3 is 15.0 Å². The van der Waals surface area contributed by atoms with Gasteiger partial charge in [0.2, 0.25) is 5.91 Å². The third kappa shape index (κ3) is 4.40. The van der Waals surface area contributed by atoms with Gasteiger partial charge >= 0.3 is 5.97 Å². The number of rotatable bonds is 6. The molecule has 2 unspecified atom stereocenters. The van der Waals surface area contributed by atoms with E-state index >= 15 is 0 Å². The van der Waals surface area contributed by atoms with Crippen LogP contribution in [0, 0.1) is 19.8 Å². The van der Waals surface area contributed by atoms with Gasteiger partial charge in [0.1, 0.15) is 0 Å². The van der Waals surface area contributed by atoms with Crippen molar-refractivity contribution in [2.45, 2.75) is 39.7 Å². The first-order valence-electron chi connectivity index (χ1n) is 9.59. The quantitative estimate of drug-likeness (QED) is 0.552. The number of methoxy groups -OCH3 is 1. The number of nitrogens with one attached hydrogen (secondary N) is 2. The van der Waals surface area contributed by atoms with E-state index in [1.807, 2.05) is 17.2 Å². The Morgan fingerprint density at radius 3 is 2.79 bits per heavy atom. The van der Waals surface area contributed by atoms with E-state index in [-0.39, 0.29) is 17.6 Å². The highest BCUT2D eigenvalue weighted by Gasteiger charge is 2.33. The van der Waals surface area contributed by atoms with Crippen LogP contribution in [-0.2, 0) is 9.53 Å². The number of ether oxygens (including phenoxy) is 1. The number of aryl methyl sites for hydroxylation is 1. The van der Waals surface area contributed by atoms with Gasteiger partial charge in [-0.15, -0.1) is 11.3 Å². The minimum absolute atomic E-state index is 0.0656. The molecule has 3 rings (SSSR count). The van der Waals surface area contributed by atoms with Crippen LogP contribution < -0.4 is 5.32 Å². The molecular formula is C20H26N4O4S. The summed E-state index contributed by atoms with van der Waals surface area (Å²) >= 11 is 1.38. The summed E-state index contributed by atoms with van der Waals surface area (Å²) in [5.74, 6) is -0.814.